The molecule has 1 fully saturated rings. The van der Waals surface area contributed by atoms with Crippen LogP contribution in [0.3, 0.4) is 0 Å². The summed E-state index contributed by atoms with van der Waals surface area (Å²) in [4.78, 5) is 0. The molecular weight excluding hydrogens is 415 g/mol. The summed E-state index contributed by atoms with van der Waals surface area (Å²) in [5.41, 5.74) is 0. The van der Waals surface area contributed by atoms with Crippen LogP contribution in [0.15, 0.2) is 84.9 Å². The summed E-state index contributed by atoms with van der Waals surface area (Å²) in [5.74, 6) is 0.505. The number of para-hydroxylation sites is 1. The van der Waals surface area contributed by atoms with Gasteiger partial charge in [0.1, 0.15) is 30.2 Å². The number of hydrogen-bond acceptors (Lipinski definition) is 6. The van der Waals surface area contributed by atoms with E-state index in [1.807, 2.05) is 54.6 Å². The average molecular weight is 440 g/mol. The van der Waals surface area contributed by atoms with Crippen LogP contribution in [-0.4, -0.2) is 57.7 Å². The van der Waals surface area contributed by atoms with Crippen LogP contribution < -0.4 is 20.7 Å². The van der Waals surface area contributed by atoms with Crippen molar-refractivity contribution in [1.29, 1.82) is 0 Å². The summed E-state index contributed by atoms with van der Waals surface area (Å²) in [6.45, 7) is -0.507. The molecule has 4 N–H and O–H groups in total. The molecule has 0 unspecified atom stereocenters. The molecule has 4 rings (SSSR count). The van der Waals surface area contributed by atoms with E-state index in [0.717, 1.165) is 15.9 Å². The van der Waals surface area contributed by atoms with Gasteiger partial charge in [0.25, 0.3) is 0 Å². The number of hydrogen-bond donors (Lipinski definition) is 4. The van der Waals surface area contributed by atoms with Crippen LogP contribution >= 0.6 is 7.92 Å². The molecule has 3 aromatic carbocycles. The van der Waals surface area contributed by atoms with Crippen molar-refractivity contribution in [3.63, 3.8) is 0 Å². The van der Waals surface area contributed by atoms with Crippen molar-refractivity contribution < 1.29 is 29.9 Å². The molecule has 0 aromatic heterocycles. The predicted molar refractivity (Wildman–Crippen MR) is 120 cm³/mol. The third-order valence-corrected chi connectivity index (χ3v) is 7.71. The lowest BCUT2D eigenvalue weighted by Crippen LogP contribution is -2.60. The largest absolute Gasteiger partial charge is 0.461 e. The number of ether oxygens (including phenoxy) is 2. The summed E-state index contributed by atoms with van der Waals surface area (Å²) in [6, 6.07) is 27.7. The highest BCUT2D eigenvalue weighted by Crippen LogP contribution is 2.37. The minimum Gasteiger partial charge on any atom is -0.461 e. The molecule has 1 aliphatic rings. The first-order valence-corrected chi connectivity index (χ1v) is 11.4. The summed E-state index contributed by atoms with van der Waals surface area (Å²) in [5, 5.41) is 43.2. The summed E-state index contributed by atoms with van der Waals surface area (Å²) in [7, 11) is -0.966. The van der Waals surface area contributed by atoms with Crippen LogP contribution in [0.4, 0.5) is 0 Å². The fraction of sp³-hybridized carbons (Fsp3) is 0.250. The molecule has 0 amide bonds. The molecular formula is C24H25O6P. The molecule has 7 heteroatoms. The molecule has 0 aliphatic carbocycles. The molecule has 1 aliphatic heterocycles. The van der Waals surface area contributed by atoms with Crippen molar-refractivity contribution in [2.24, 2.45) is 0 Å². The first-order valence-electron chi connectivity index (χ1n) is 10.1. The van der Waals surface area contributed by atoms with Gasteiger partial charge < -0.3 is 29.9 Å². The van der Waals surface area contributed by atoms with Gasteiger partial charge in [-0.3, -0.25) is 0 Å². The second kappa shape index (κ2) is 9.88. The van der Waals surface area contributed by atoms with Crippen LogP contribution in [0.25, 0.3) is 0 Å². The molecule has 0 radical (unpaired) electrons. The Hall–Kier alpha value is -2.31. The van der Waals surface area contributed by atoms with Gasteiger partial charge in [-0.05, 0) is 24.6 Å². The van der Waals surface area contributed by atoms with Crippen molar-refractivity contribution in [2.75, 3.05) is 6.61 Å². The molecule has 162 valence electrons. The standard InChI is InChI=1S/C24H25O6P/c25-15-19-21(26)22(27)23(28)24(30-19)29-18-13-7-8-14-20(18)31(16-9-3-1-4-10-16)17-11-5-2-6-12-17/h1-14,19,21-28H,15H2/t19-,21-,22+,23-,24-/m1/s1. The highest BCUT2D eigenvalue weighted by molar-refractivity contribution is 7.80. The lowest BCUT2D eigenvalue weighted by molar-refractivity contribution is -0.277. The highest BCUT2D eigenvalue weighted by Gasteiger charge is 2.45. The predicted octanol–water partition coefficient (Wildman–Crippen LogP) is 0.623. The second-order valence-corrected chi connectivity index (χ2v) is 9.47. The van der Waals surface area contributed by atoms with E-state index in [2.05, 4.69) is 24.3 Å². The third-order valence-electron chi connectivity index (χ3n) is 5.23. The maximum atomic E-state index is 10.4. The fourth-order valence-electron chi connectivity index (χ4n) is 3.61. The van der Waals surface area contributed by atoms with Crippen LogP contribution in [0.2, 0.25) is 0 Å². The monoisotopic (exact) mass is 440 g/mol. The molecule has 0 spiro atoms. The van der Waals surface area contributed by atoms with Crippen molar-refractivity contribution >= 4 is 23.8 Å². The van der Waals surface area contributed by atoms with Crippen molar-refractivity contribution in [3.8, 4) is 5.75 Å². The van der Waals surface area contributed by atoms with Gasteiger partial charge in [-0.15, -0.1) is 0 Å². The molecule has 3 aromatic rings. The number of aliphatic hydroxyl groups excluding tert-OH is 4. The average Bonchev–Trinajstić information content (AvgIpc) is 2.82. The Morgan fingerprint density at radius 1 is 0.710 bits per heavy atom. The van der Waals surface area contributed by atoms with E-state index in [9.17, 15) is 20.4 Å². The minimum atomic E-state index is -1.49. The van der Waals surface area contributed by atoms with E-state index in [1.54, 1.807) is 6.07 Å². The zero-order valence-corrected chi connectivity index (χ0v) is 17.6. The van der Waals surface area contributed by atoms with Crippen LogP contribution in [0.1, 0.15) is 0 Å². The van der Waals surface area contributed by atoms with Crippen molar-refractivity contribution in [1.82, 2.24) is 0 Å². The van der Waals surface area contributed by atoms with Gasteiger partial charge in [0.2, 0.25) is 6.29 Å². The molecule has 1 heterocycles. The normalized spacial score (nSPS) is 26.0. The van der Waals surface area contributed by atoms with E-state index < -0.39 is 45.2 Å². The molecule has 0 saturated carbocycles. The molecule has 5 atom stereocenters. The number of rotatable bonds is 6. The topological polar surface area (TPSA) is 99.4 Å². The Morgan fingerprint density at radius 3 is 1.84 bits per heavy atom. The van der Waals surface area contributed by atoms with Crippen molar-refractivity contribution in [2.45, 2.75) is 30.7 Å². The number of benzene rings is 3. The minimum absolute atomic E-state index is 0.505. The van der Waals surface area contributed by atoms with Crippen LogP contribution in [-0.2, 0) is 4.74 Å². The summed E-state index contributed by atoms with van der Waals surface area (Å²) in [6.07, 6.45) is -6.65. The zero-order valence-electron chi connectivity index (χ0n) is 16.7. The van der Waals surface area contributed by atoms with E-state index >= 15 is 0 Å². The first-order chi connectivity index (χ1) is 15.1. The Kier molecular flexibility index (Phi) is 6.98. The Balaban J connectivity index is 1.72. The van der Waals surface area contributed by atoms with Crippen molar-refractivity contribution in [3.05, 3.63) is 84.9 Å². The Morgan fingerprint density at radius 2 is 1.26 bits per heavy atom. The maximum Gasteiger partial charge on any atom is 0.229 e. The second-order valence-electron chi connectivity index (χ2n) is 7.29. The SMILES string of the molecule is OC[C@H]1O[C@@H](Oc2ccccc2P(c2ccccc2)c2ccccc2)[C@H](O)[C@@H](O)[C@@H]1O. The van der Waals surface area contributed by atoms with Crippen LogP contribution in [0, 0.1) is 0 Å². The Labute approximate surface area is 182 Å². The molecule has 1 saturated heterocycles. The van der Waals surface area contributed by atoms with Gasteiger partial charge in [0, 0.05) is 5.30 Å². The van der Waals surface area contributed by atoms with E-state index in [4.69, 9.17) is 9.47 Å². The van der Waals surface area contributed by atoms with Gasteiger partial charge in [-0.1, -0.05) is 78.9 Å². The molecule has 6 nitrogen and oxygen atoms in total. The highest BCUT2D eigenvalue weighted by atomic mass is 31.1. The van der Waals surface area contributed by atoms with Gasteiger partial charge >= 0.3 is 0 Å². The molecule has 31 heavy (non-hydrogen) atoms. The third kappa shape index (κ3) is 4.65. The maximum absolute atomic E-state index is 10.4. The lowest BCUT2D eigenvalue weighted by atomic mass is 9.99. The zero-order chi connectivity index (χ0) is 21.8. The lowest BCUT2D eigenvalue weighted by Gasteiger charge is -2.40. The summed E-state index contributed by atoms with van der Waals surface area (Å²) < 4.78 is 11.6. The van der Waals surface area contributed by atoms with Crippen LogP contribution in [0.5, 0.6) is 5.75 Å². The van der Waals surface area contributed by atoms with Gasteiger partial charge in [-0.2, -0.15) is 0 Å². The number of aliphatic hydroxyl groups is 4. The smallest absolute Gasteiger partial charge is 0.229 e. The van der Waals surface area contributed by atoms with Gasteiger partial charge in [0.05, 0.1) is 6.61 Å². The Bertz CT molecular complexity index is 929. The van der Waals surface area contributed by atoms with E-state index in [1.165, 1.54) is 0 Å². The van der Waals surface area contributed by atoms with Gasteiger partial charge in [0.15, 0.2) is 0 Å². The quantitative estimate of drug-likeness (QED) is 0.420. The van der Waals surface area contributed by atoms with E-state index in [-0.39, 0.29) is 0 Å². The van der Waals surface area contributed by atoms with E-state index in [0.29, 0.717) is 5.75 Å². The molecule has 0 bridgehead atoms. The fourth-order valence-corrected chi connectivity index (χ4v) is 5.99. The summed E-state index contributed by atoms with van der Waals surface area (Å²) >= 11 is 0. The first kappa shape index (κ1) is 21.9. The van der Waals surface area contributed by atoms with Gasteiger partial charge in [-0.25, -0.2) is 0 Å².